The summed E-state index contributed by atoms with van der Waals surface area (Å²) in [6.07, 6.45) is 5.15. The fourth-order valence-corrected chi connectivity index (χ4v) is 2.02. The van der Waals surface area contributed by atoms with Gasteiger partial charge >= 0.3 is 0 Å². The maximum Gasteiger partial charge on any atom is 0.262 e. The minimum atomic E-state index is -0.192. The summed E-state index contributed by atoms with van der Waals surface area (Å²) in [4.78, 5) is 19.0. The molecule has 0 unspecified atom stereocenters. The molecule has 6 heteroatoms. The van der Waals surface area contributed by atoms with Crippen LogP contribution >= 0.6 is 0 Å². The van der Waals surface area contributed by atoms with Crippen molar-refractivity contribution in [2.75, 3.05) is 7.11 Å². The molecule has 0 saturated carbocycles. The molecule has 1 aromatic carbocycles. The first-order chi connectivity index (χ1) is 10.2. The van der Waals surface area contributed by atoms with Gasteiger partial charge in [-0.05, 0) is 23.8 Å². The number of rotatable bonds is 3. The van der Waals surface area contributed by atoms with Crippen molar-refractivity contribution in [3.63, 3.8) is 0 Å². The van der Waals surface area contributed by atoms with Crippen molar-refractivity contribution in [2.45, 2.75) is 0 Å². The lowest BCUT2D eigenvalue weighted by molar-refractivity contribution is 0.415. The number of fused-ring (bicyclic) bond motifs is 1. The third kappa shape index (κ3) is 2.55. The summed E-state index contributed by atoms with van der Waals surface area (Å²) in [5, 5.41) is 4.52. The van der Waals surface area contributed by atoms with Gasteiger partial charge in [0.1, 0.15) is 17.0 Å². The zero-order chi connectivity index (χ0) is 14.8. The molecule has 0 aliphatic heterocycles. The molecule has 0 spiro atoms. The summed E-state index contributed by atoms with van der Waals surface area (Å²) in [7, 11) is 3.38. The van der Waals surface area contributed by atoms with Crippen molar-refractivity contribution < 1.29 is 4.74 Å². The van der Waals surface area contributed by atoms with Crippen molar-refractivity contribution in [1.82, 2.24) is 19.7 Å². The molecule has 0 atom stereocenters. The Morgan fingerprint density at radius 1 is 1.24 bits per heavy atom. The van der Waals surface area contributed by atoms with Crippen LogP contribution in [0.5, 0.6) is 5.75 Å². The van der Waals surface area contributed by atoms with Crippen LogP contribution in [0.2, 0.25) is 0 Å². The highest BCUT2D eigenvalue weighted by molar-refractivity contribution is 5.75. The molecule has 2 aromatic heterocycles. The highest BCUT2D eigenvalue weighted by atomic mass is 16.5. The van der Waals surface area contributed by atoms with E-state index in [1.54, 1.807) is 24.9 Å². The highest BCUT2D eigenvalue weighted by Gasteiger charge is 2.06. The number of nitrogens with one attached hydrogen (secondary N) is 1. The van der Waals surface area contributed by atoms with Crippen molar-refractivity contribution in [3.05, 3.63) is 52.2 Å². The number of aryl methyl sites for hydroxylation is 1. The van der Waals surface area contributed by atoms with E-state index in [2.05, 4.69) is 15.1 Å². The monoisotopic (exact) mass is 282 g/mol. The number of nitrogens with zero attached hydrogens (tertiary/aromatic N) is 3. The van der Waals surface area contributed by atoms with Crippen molar-refractivity contribution in [3.8, 4) is 5.75 Å². The molecule has 6 nitrogen and oxygen atoms in total. The smallest absolute Gasteiger partial charge is 0.262 e. The molecular weight excluding hydrogens is 268 g/mol. The molecule has 1 N–H and O–H groups in total. The minimum absolute atomic E-state index is 0.192. The summed E-state index contributed by atoms with van der Waals surface area (Å²) in [5.41, 5.74) is 1.36. The molecule has 0 aliphatic rings. The van der Waals surface area contributed by atoms with Crippen molar-refractivity contribution in [2.24, 2.45) is 7.05 Å². The molecule has 0 radical (unpaired) electrons. The summed E-state index contributed by atoms with van der Waals surface area (Å²) in [6.45, 7) is 0. The van der Waals surface area contributed by atoms with Gasteiger partial charge in [0.05, 0.1) is 13.3 Å². The number of ether oxygens (including phenoxy) is 1. The van der Waals surface area contributed by atoms with Crippen LogP contribution in [0.4, 0.5) is 0 Å². The molecule has 106 valence electrons. The van der Waals surface area contributed by atoms with Crippen LogP contribution in [0.1, 0.15) is 11.4 Å². The van der Waals surface area contributed by atoms with Crippen LogP contribution in [0.3, 0.4) is 0 Å². The number of H-pyrrole nitrogens is 1. The van der Waals surface area contributed by atoms with E-state index in [9.17, 15) is 4.79 Å². The second kappa shape index (κ2) is 5.24. The zero-order valence-corrected chi connectivity index (χ0v) is 11.7. The van der Waals surface area contributed by atoms with Crippen LogP contribution in [-0.2, 0) is 7.05 Å². The predicted molar refractivity (Wildman–Crippen MR) is 81.1 cm³/mol. The fourth-order valence-electron chi connectivity index (χ4n) is 2.02. The SMILES string of the molecule is COc1ccc(/C=C/c2nc3c(cnn3C)c(=O)[nH]2)cc1. The topological polar surface area (TPSA) is 72.8 Å². The molecule has 21 heavy (non-hydrogen) atoms. The maximum absolute atomic E-state index is 11.9. The summed E-state index contributed by atoms with van der Waals surface area (Å²) < 4.78 is 6.69. The van der Waals surface area contributed by atoms with E-state index in [0.29, 0.717) is 16.9 Å². The third-order valence-corrected chi connectivity index (χ3v) is 3.17. The standard InChI is InChI=1S/C15H14N4O2/c1-19-14-12(9-16-19)15(20)18-13(17-14)8-5-10-3-6-11(21-2)7-4-10/h3-9H,1-2H3,(H,17,18,20)/b8-5+. The number of hydrogen-bond acceptors (Lipinski definition) is 4. The number of aromatic nitrogens is 4. The molecule has 2 heterocycles. The van der Waals surface area contributed by atoms with Gasteiger partial charge in [-0.15, -0.1) is 0 Å². The highest BCUT2D eigenvalue weighted by Crippen LogP contribution is 2.13. The van der Waals surface area contributed by atoms with E-state index in [1.807, 2.05) is 30.3 Å². The van der Waals surface area contributed by atoms with E-state index >= 15 is 0 Å². The van der Waals surface area contributed by atoms with E-state index < -0.39 is 0 Å². The average Bonchev–Trinajstić information content (AvgIpc) is 2.88. The van der Waals surface area contributed by atoms with Gasteiger partial charge < -0.3 is 9.72 Å². The Kier molecular flexibility index (Phi) is 3.27. The molecule has 0 fully saturated rings. The molecular formula is C15H14N4O2. The van der Waals surface area contributed by atoms with Gasteiger partial charge in [-0.25, -0.2) is 4.98 Å². The van der Waals surface area contributed by atoms with Crippen LogP contribution < -0.4 is 10.3 Å². The first-order valence-electron chi connectivity index (χ1n) is 6.41. The Balaban J connectivity index is 1.94. The third-order valence-electron chi connectivity index (χ3n) is 3.17. The number of hydrogen-bond donors (Lipinski definition) is 1. The first kappa shape index (κ1) is 13.1. The normalized spacial score (nSPS) is 11.3. The van der Waals surface area contributed by atoms with Gasteiger partial charge in [-0.2, -0.15) is 5.10 Å². The fraction of sp³-hybridized carbons (Fsp3) is 0.133. The molecule has 3 aromatic rings. The molecule has 3 rings (SSSR count). The average molecular weight is 282 g/mol. The summed E-state index contributed by atoms with van der Waals surface area (Å²) in [6, 6.07) is 7.60. The van der Waals surface area contributed by atoms with Gasteiger partial charge in [-0.3, -0.25) is 9.48 Å². The van der Waals surface area contributed by atoms with E-state index in [-0.39, 0.29) is 5.56 Å². The van der Waals surface area contributed by atoms with Crippen molar-refractivity contribution >= 4 is 23.2 Å². The lowest BCUT2D eigenvalue weighted by atomic mass is 10.2. The number of methoxy groups -OCH3 is 1. The Bertz CT molecular complexity index is 860. The Labute approximate surface area is 120 Å². The quantitative estimate of drug-likeness (QED) is 0.795. The molecule has 0 aliphatic carbocycles. The molecule has 0 bridgehead atoms. The Morgan fingerprint density at radius 3 is 2.71 bits per heavy atom. The minimum Gasteiger partial charge on any atom is -0.497 e. The molecule has 0 saturated heterocycles. The van der Waals surface area contributed by atoms with Gasteiger partial charge in [0.2, 0.25) is 0 Å². The van der Waals surface area contributed by atoms with E-state index in [1.165, 1.54) is 6.20 Å². The largest absolute Gasteiger partial charge is 0.497 e. The summed E-state index contributed by atoms with van der Waals surface area (Å²) >= 11 is 0. The maximum atomic E-state index is 11.9. The predicted octanol–water partition coefficient (Wildman–Crippen LogP) is 1.84. The van der Waals surface area contributed by atoms with Crippen LogP contribution in [0.15, 0.2) is 35.3 Å². The summed E-state index contributed by atoms with van der Waals surface area (Å²) in [5.74, 6) is 1.29. The number of benzene rings is 1. The Hall–Kier alpha value is -2.89. The van der Waals surface area contributed by atoms with Crippen LogP contribution in [0, 0.1) is 0 Å². The van der Waals surface area contributed by atoms with E-state index in [0.717, 1.165) is 11.3 Å². The van der Waals surface area contributed by atoms with E-state index in [4.69, 9.17) is 4.74 Å². The second-order valence-corrected chi connectivity index (χ2v) is 4.56. The van der Waals surface area contributed by atoms with Crippen LogP contribution in [0.25, 0.3) is 23.2 Å². The van der Waals surface area contributed by atoms with Gasteiger partial charge in [0, 0.05) is 7.05 Å². The lowest BCUT2D eigenvalue weighted by Gasteiger charge is -1.99. The lowest BCUT2D eigenvalue weighted by Crippen LogP contribution is -2.09. The van der Waals surface area contributed by atoms with Gasteiger partial charge in [-0.1, -0.05) is 18.2 Å². The second-order valence-electron chi connectivity index (χ2n) is 4.56. The number of aromatic amines is 1. The first-order valence-corrected chi connectivity index (χ1v) is 6.41. The van der Waals surface area contributed by atoms with Crippen LogP contribution in [-0.4, -0.2) is 26.9 Å². The van der Waals surface area contributed by atoms with Crippen molar-refractivity contribution in [1.29, 1.82) is 0 Å². The molecule has 0 amide bonds. The van der Waals surface area contributed by atoms with Gasteiger partial charge in [0.15, 0.2) is 5.65 Å². The van der Waals surface area contributed by atoms with Gasteiger partial charge in [0.25, 0.3) is 5.56 Å². The zero-order valence-electron chi connectivity index (χ0n) is 11.7. The Morgan fingerprint density at radius 2 is 2.00 bits per heavy atom.